The number of allylic oxidation sites excluding steroid dienone is 2. The lowest BCUT2D eigenvalue weighted by atomic mass is 10.00. The summed E-state index contributed by atoms with van der Waals surface area (Å²) in [6.45, 7) is 5.58. The monoisotopic (exact) mass is 653 g/mol. The first-order valence-corrected chi connectivity index (χ1v) is 15.7. The van der Waals surface area contributed by atoms with Gasteiger partial charge in [0.1, 0.15) is 18.2 Å². The van der Waals surface area contributed by atoms with Gasteiger partial charge in [-0.05, 0) is 91.8 Å². The number of aliphatic hydroxyl groups is 1. The molecule has 0 atom stereocenters. The summed E-state index contributed by atoms with van der Waals surface area (Å²) in [5.74, 6) is 0.258. The number of esters is 1. The highest BCUT2D eigenvalue weighted by Gasteiger charge is 2.17. The molecule has 2 aromatic heterocycles. The van der Waals surface area contributed by atoms with E-state index in [1.54, 1.807) is 24.4 Å². The molecular weight excluding hydrogens is 613 g/mol. The maximum atomic E-state index is 13.5. The molecule has 2 aromatic carbocycles. The third-order valence-corrected chi connectivity index (χ3v) is 7.97. The second-order valence-corrected chi connectivity index (χ2v) is 11.6. The highest BCUT2D eigenvalue weighted by Crippen LogP contribution is 2.35. The molecule has 5 rings (SSSR count). The average Bonchev–Trinajstić information content (AvgIpc) is 3.09. The molecule has 11 heteroatoms. The number of pyridine rings is 2. The summed E-state index contributed by atoms with van der Waals surface area (Å²) in [5, 5.41) is 12.6. The molecule has 0 saturated carbocycles. The summed E-state index contributed by atoms with van der Waals surface area (Å²) in [6.07, 6.45) is 9.00. The van der Waals surface area contributed by atoms with Gasteiger partial charge in [0, 0.05) is 60.9 Å². The van der Waals surface area contributed by atoms with Gasteiger partial charge in [-0.3, -0.25) is 4.98 Å². The lowest BCUT2D eigenvalue weighted by Crippen LogP contribution is -2.26. The van der Waals surface area contributed by atoms with E-state index in [0.717, 1.165) is 77.5 Å². The molecule has 10 nitrogen and oxygen atoms in total. The van der Waals surface area contributed by atoms with Crippen LogP contribution in [0, 0.1) is 11.7 Å². The third kappa shape index (κ3) is 8.96. The van der Waals surface area contributed by atoms with Gasteiger partial charge in [-0.15, -0.1) is 0 Å². The molecule has 1 saturated heterocycles. The molecule has 4 aromatic rings. The molecule has 0 bridgehead atoms. The van der Waals surface area contributed by atoms with E-state index in [4.69, 9.17) is 25.1 Å². The van der Waals surface area contributed by atoms with Gasteiger partial charge in [0.15, 0.2) is 11.5 Å². The molecule has 48 heavy (non-hydrogen) atoms. The minimum atomic E-state index is -0.791. The van der Waals surface area contributed by atoms with Crippen LogP contribution in [-0.2, 0) is 9.53 Å². The van der Waals surface area contributed by atoms with Crippen molar-refractivity contribution in [1.29, 1.82) is 0 Å². The van der Waals surface area contributed by atoms with Crippen molar-refractivity contribution in [3.05, 3.63) is 103 Å². The molecule has 1 aliphatic rings. The number of aromatic nitrogens is 2. The molecule has 250 valence electrons. The lowest BCUT2D eigenvalue weighted by Gasteiger charge is -2.28. The van der Waals surface area contributed by atoms with E-state index in [2.05, 4.69) is 32.6 Å². The van der Waals surface area contributed by atoms with Crippen molar-refractivity contribution in [2.45, 2.75) is 26.7 Å². The fourth-order valence-corrected chi connectivity index (χ4v) is 5.49. The average molecular weight is 654 g/mol. The van der Waals surface area contributed by atoms with Crippen molar-refractivity contribution < 1.29 is 28.5 Å². The third-order valence-electron chi connectivity index (χ3n) is 7.97. The van der Waals surface area contributed by atoms with Gasteiger partial charge in [-0.1, -0.05) is 18.2 Å². The lowest BCUT2D eigenvalue weighted by molar-refractivity contribution is -0.137. The van der Waals surface area contributed by atoms with Crippen molar-refractivity contribution in [2.75, 3.05) is 44.5 Å². The van der Waals surface area contributed by atoms with Crippen LogP contribution in [0.5, 0.6) is 11.5 Å². The van der Waals surface area contributed by atoms with Crippen LogP contribution in [0.25, 0.3) is 27.8 Å². The van der Waals surface area contributed by atoms with E-state index in [-0.39, 0.29) is 11.6 Å². The summed E-state index contributed by atoms with van der Waals surface area (Å²) in [5.41, 5.74) is 12.9. The number of rotatable bonds is 12. The van der Waals surface area contributed by atoms with Gasteiger partial charge in [0.2, 0.25) is 0 Å². The Bertz CT molecular complexity index is 1770. The number of hydrogen-bond acceptors (Lipinski definition) is 10. The Hall–Kier alpha value is -5.26. The van der Waals surface area contributed by atoms with Crippen LogP contribution >= 0.6 is 0 Å². The Labute approximate surface area is 279 Å². The van der Waals surface area contributed by atoms with Gasteiger partial charge in [0.25, 0.3) is 0 Å². The number of carbonyl (C=O) groups excluding carboxylic acids is 1. The van der Waals surface area contributed by atoms with Crippen molar-refractivity contribution in [1.82, 2.24) is 14.9 Å². The summed E-state index contributed by atoms with van der Waals surface area (Å²) in [4.78, 5) is 22.5. The number of nitrogen functional groups attached to an aromatic ring is 1. The van der Waals surface area contributed by atoms with Gasteiger partial charge in [-0.25, -0.2) is 14.2 Å². The fraction of sp³-hybridized carbons (Fsp3) is 0.270. The van der Waals surface area contributed by atoms with Gasteiger partial charge in [-0.2, -0.15) is 0 Å². The van der Waals surface area contributed by atoms with E-state index in [0.29, 0.717) is 17.5 Å². The number of benzene rings is 2. The molecular formula is C37H40FN5O5. The topological polar surface area (TPSA) is 132 Å². The second-order valence-electron chi connectivity index (χ2n) is 11.6. The highest BCUT2D eigenvalue weighted by molar-refractivity contribution is 5.81. The highest BCUT2D eigenvalue weighted by atomic mass is 19.1. The largest absolute Gasteiger partial charge is 0.493 e. The van der Waals surface area contributed by atoms with Crippen LogP contribution in [0.4, 0.5) is 15.9 Å². The quantitative estimate of drug-likeness (QED) is 0.115. The number of halogens is 1. The van der Waals surface area contributed by atoms with Crippen molar-refractivity contribution >= 4 is 23.0 Å². The number of nitrogens with two attached hydrogens (primary N) is 1. The van der Waals surface area contributed by atoms with Crippen LogP contribution in [0.2, 0.25) is 0 Å². The van der Waals surface area contributed by atoms with Crippen LogP contribution in [0.3, 0.4) is 0 Å². The van der Waals surface area contributed by atoms with Gasteiger partial charge >= 0.3 is 5.97 Å². The van der Waals surface area contributed by atoms with E-state index >= 15 is 0 Å². The van der Waals surface area contributed by atoms with Crippen LogP contribution in [0.15, 0.2) is 91.2 Å². The maximum absolute atomic E-state index is 13.5. The van der Waals surface area contributed by atoms with Gasteiger partial charge in [0.05, 0.1) is 19.0 Å². The van der Waals surface area contributed by atoms with Gasteiger partial charge < -0.3 is 35.3 Å². The predicted molar refractivity (Wildman–Crippen MR) is 184 cm³/mol. The summed E-state index contributed by atoms with van der Waals surface area (Å²) >= 11 is 0. The molecule has 0 aliphatic carbocycles. The standard InChI is InChI=1S/C37H40FN5O5/c1-24(33-10-7-30(38)19-40-33)20-43(22-26-12-14-47-15-13-26)21-25(2)42-31-8-4-27(5-9-31)32-16-29(18-41-37(32)39)28-6-11-34(46-3)35(17-28)48-36(45)23-44/h4-11,16-21,26,42,44H,12-15,22-23H2,1-3H3,(H2,39,41)/b24-20+,25-21+. The van der Waals surface area contributed by atoms with E-state index in [1.807, 2.05) is 50.2 Å². The Balaban J connectivity index is 1.34. The van der Waals surface area contributed by atoms with Crippen molar-refractivity contribution in [3.63, 3.8) is 0 Å². The van der Waals surface area contributed by atoms with Crippen molar-refractivity contribution in [3.8, 4) is 33.8 Å². The summed E-state index contributed by atoms with van der Waals surface area (Å²) in [6, 6.07) is 18.1. The fourth-order valence-electron chi connectivity index (χ4n) is 5.49. The Kier molecular flexibility index (Phi) is 11.4. The molecule has 1 aliphatic heterocycles. The first-order chi connectivity index (χ1) is 23.2. The Morgan fingerprint density at radius 1 is 1.00 bits per heavy atom. The minimum absolute atomic E-state index is 0.190. The molecule has 1 fully saturated rings. The second kappa shape index (κ2) is 16.0. The Morgan fingerprint density at radius 3 is 2.44 bits per heavy atom. The number of nitrogens with one attached hydrogen (secondary N) is 1. The molecule has 0 radical (unpaired) electrons. The Morgan fingerprint density at radius 2 is 1.75 bits per heavy atom. The maximum Gasteiger partial charge on any atom is 0.337 e. The molecule has 0 unspecified atom stereocenters. The number of hydrogen-bond donors (Lipinski definition) is 3. The van der Waals surface area contributed by atoms with Crippen LogP contribution in [-0.4, -0.2) is 59.4 Å². The normalized spacial score (nSPS) is 14.0. The van der Waals surface area contributed by atoms with Crippen molar-refractivity contribution in [2.24, 2.45) is 5.92 Å². The minimum Gasteiger partial charge on any atom is -0.493 e. The van der Waals surface area contributed by atoms with E-state index in [9.17, 15) is 9.18 Å². The predicted octanol–water partition coefficient (Wildman–Crippen LogP) is 6.50. The summed E-state index contributed by atoms with van der Waals surface area (Å²) < 4.78 is 29.6. The zero-order valence-electron chi connectivity index (χ0n) is 27.3. The van der Waals surface area contributed by atoms with E-state index in [1.165, 1.54) is 19.4 Å². The zero-order chi connectivity index (χ0) is 34.0. The zero-order valence-corrected chi connectivity index (χ0v) is 27.3. The van der Waals surface area contributed by atoms with Crippen LogP contribution < -0.4 is 20.5 Å². The smallest absolute Gasteiger partial charge is 0.337 e. The molecule has 4 N–H and O–H groups in total. The first-order valence-electron chi connectivity index (χ1n) is 15.7. The SMILES string of the molecule is COc1ccc(-c2cnc(N)c(-c3ccc(N/C(C)=C/N(/C=C(\C)c4ccc(F)cn4)CC4CCOCC4)cc3)c2)cc1OC(=O)CO. The first kappa shape index (κ1) is 34.1. The number of nitrogens with zero attached hydrogens (tertiary/aromatic N) is 3. The molecule has 0 spiro atoms. The number of carbonyl (C=O) groups is 1. The van der Waals surface area contributed by atoms with E-state index < -0.39 is 12.6 Å². The number of methoxy groups -OCH3 is 1. The number of anilines is 2. The summed E-state index contributed by atoms with van der Waals surface area (Å²) in [7, 11) is 1.47. The van der Waals surface area contributed by atoms with Crippen LogP contribution in [0.1, 0.15) is 32.4 Å². The molecule has 0 amide bonds. The number of aliphatic hydroxyl groups excluding tert-OH is 1. The number of ether oxygens (including phenoxy) is 3. The molecule has 3 heterocycles.